The Hall–Kier alpha value is -1.22. The average molecular weight is 328 g/mol. The molecule has 0 fully saturated rings. The molecule has 0 aliphatic heterocycles. The average Bonchev–Trinajstić information content (AvgIpc) is 2.27. The number of hydrogen-bond donors (Lipinski definition) is 1. The summed E-state index contributed by atoms with van der Waals surface area (Å²) in [6, 6.07) is 1.02. The molecule has 1 aromatic carbocycles. The van der Waals surface area contributed by atoms with Crippen LogP contribution >= 0.6 is 12.4 Å². The Morgan fingerprint density at radius 2 is 1.50 bits per heavy atom. The molecule has 20 heavy (non-hydrogen) atoms. The predicted octanol–water partition coefficient (Wildman–Crippen LogP) is 3.91. The zero-order valence-electron chi connectivity index (χ0n) is 9.50. The Kier molecular flexibility index (Phi) is 6.09. The molecular formula is C10H9ClF7NO. The van der Waals surface area contributed by atoms with Crippen LogP contribution in [0.15, 0.2) is 24.3 Å². The number of rotatable bonds is 4. The number of ether oxygens (including phenoxy) is 1. The van der Waals surface area contributed by atoms with Gasteiger partial charge in [-0.1, -0.05) is 18.2 Å². The van der Waals surface area contributed by atoms with E-state index in [1.807, 2.05) is 0 Å². The Bertz CT molecular complexity index is 438. The fourth-order valence-electron chi connectivity index (χ4n) is 1.20. The van der Waals surface area contributed by atoms with Crippen molar-refractivity contribution in [2.24, 2.45) is 5.73 Å². The molecule has 1 rings (SSSR count). The van der Waals surface area contributed by atoms with Crippen LogP contribution in [0.25, 0.3) is 0 Å². The van der Waals surface area contributed by atoms with Gasteiger partial charge in [0.1, 0.15) is 11.8 Å². The van der Waals surface area contributed by atoms with Gasteiger partial charge in [-0.05, 0) is 6.07 Å². The van der Waals surface area contributed by atoms with Gasteiger partial charge in [0.05, 0.1) is 0 Å². The molecular weight excluding hydrogens is 319 g/mol. The van der Waals surface area contributed by atoms with Crippen LogP contribution in [0.2, 0.25) is 0 Å². The van der Waals surface area contributed by atoms with Crippen LogP contribution in [0.4, 0.5) is 30.7 Å². The SMILES string of the molecule is Cl.N[C@@H](c1ccccc1OC(F)(F)C(F)F)C(F)(F)F. The van der Waals surface area contributed by atoms with E-state index >= 15 is 0 Å². The van der Waals surface area contributed by atoms with E-state index in [9.17, 15) is 30.7 Å². The summed E-state index contributed by atoms with van der Waals surface area (Å²) in [6.45, 7) is 0. The Morgan fingerprint density at radius 3 is 1.95 bits per heavy atom. The minimum absolute atomic E-state index is 0. The third-order valence-corrected chi connectivity index (χ3v) is 2.11. The lowest BCUT2D eigenvalue weighted by Crippen LogP contribution is -2.35. The summed E-state index contributed by atoms with van der Waals surface area (Å²) in [6.07, 6.45) is -14.0. The molecule has 0 saturated carbocycles. The van der Waals surface area contributed by atoms with Crippen molar-refractivity contribution in [1.82, 2.24) is 0 Å². The summed E-state index contributed by atoms with van der Waals surface area (Å²) in [5.41, 5.74) is 3.98. The van der Waals surface area contributed by atoms with Gasteiger partial charge in [-0.25, -0.2) is 0 Å². The molecule has 10 heteroatoms. The van der Waals surface area contributed by atoms with Crippen molar-refractivity contribution >= 4 is 12.4 Å². The van der Waals surface area contributed by atoms with E-state index in [1.165, 1.54) is 0 Å². The van der Waals surface area contributed by atoms with E-state index < -0.39 is 36.1 Å². The number of benzene rings is 1. The summed E-state index contributed by atoms with van der Waals surface area (Å²) in [7, 11) is 0. The first kappa shape index (κ1) is 18.8. The number of para-hydroxylation sites is 1. The second-order valence-corrected chi connectivity index (χ2v) is 3.52. The summed E-state index contributed by atoms with van der Waals surface area (Å²) < 4.78 is 90.0. The molecule has 1 aromatic rings. The molecule has 0 spiro atoms. The lowest BCUT2D eigenvalue weighted by atomic mass is 10.1. The third-order valence-electron chi connectivity index (χ3n) is 2.11. The van der Waals surface area contributed by atoms with Crippen molar-refractivity contribution in [1.29, 1.82) is 0 Å². The monoisotopic (exact) mass is 327 g/mol. The molecule has 1 atom stereocenters. The molecule has 2 N–H and O–H groups in total. The zero-order chi connectivity index (χ0) is 14.8. The summed E-state index contributed by atoms with van der Waals surface area (Å²) >= 11 is 0. The van der Waals surface area contributed by atoms with Crippen LogP contribution in [0, 0.1) is 0 Å². The van der Waals surface area contributed by atoms with Gasteiger partial charge < -0.3 is 10.5 Å². The van der Waals surface area contributed by atoms with E-state index in [2.05, 4.69) is 4.74 Å². The summed E-state index contributed by atoms with van der Waals surface area (Å²) in [4.78, 5) is 0. The highest BCUT2D eigenvalue weighted by atomic mass is 35.5. The number of nitrogens with two attached hydrogens (primary N) is 1. The van der Waals surface area contributed by atoms with Crippen molar-refractivity contribution in [2.45, 2.75) is 24.8 Å². The second-order valence-electron chi connectivity index (χ2n) is 3.52. The number of halogens is 8. The van der Waals surface area contributed by atoms with Crippen LogP contribution < -0.4 is 10.5 Å². The van der Waals surface area contributed by atoms with Crippen LogP contribution in [-0.2, 0) is 0 Å². The topological polar surface area (TPSA) is 35.2 Å². The largest absolute Gasteiger partial charge is 0.461 e. The molecule has 0 saturated heterocycles. The highest BCUT2D eigenvalue weighted by Crippen LogP contribution is 2.37. The lowest BCUT2D eigenvalue weighted by molar-refractivity contribution is -0.254. The summed E-state index contributed by atoms with van der Waals surface area (Å²) in [5, 5.41) is 0. The van der Waals surface area contributed by atoms with Crippen molar-refractivity contribution < 1.29 is 35.5 Å². The summed E-state index contributed by atoms with van der Waals surface area (Å²) in [5.74, 6) is -1.04. The third kappa shape index (κ3) is 4.41. The maximum absolute atomic E-state index is 12.7. The minimum Gasteiger partial charge on any atom is -0.428 e. The predicted molar refractivity (Wildman–Crippen MR) is 58.3 cm³/mol. The van der Waals surface area contributed by atoms with Gasteiger partial charge in [-0.15, -0.1) is 12.4 Å². The smallest absolute Gasteiger partial charge is 0.428 e. The molecule has 0 aromatic heterocycles. The van der Waals surface area contributed by atoms with E-state index in [4.69, 9.17) is 5.73 Å². The highest BCUT2D eigenvalue weighted by Gasteiger charge is 2.46. The quantitative estimate of drug-likeness (QED) is 0.851. The molecule has 0 unspecified atom stereocenters. The molecule has 0 bridgehead atoms. The van der Waals surface area contributed by atoms with Crippen LogP contribution in [0.1, 0.15) is 11.6 Å². The van der Waals surface area contributed by atoms with E-state index in [1.54, 1.807) is 0 Å². The molecule has 2 nitrogen and oxygen atoms in total. The van der Waals surface area contributed by atoms with E-state index in [0.29, 0.717) is 6.07 Å². The minimum atomic E-state index is -4.92. The van der Waals surface area contributed by atoms with Crippen LogP contribution in [0.3, 0.4) is 0 Å². The van der Waals surface area contributed by atoms with Gasteiger partial charge in [0.15, 0.2) is 0 Å². The van der Waals surface area contributed by atoms with Crippen LogP contribution in [-0.4, -0.2) is 18.7 Å². The Balaban J connectivity index is 0.00000361. The van der Waals surface area contributed by atoms with Gasteiger partial charge >= 0.3 is 18.7 Å². The van der Waals surface area contributed by atoms with E-state index in [-0.39, 0.29) is 12.4 Å². The highest BCUT2D eigenvalue weighted by molar-refractivity contribution is 5.85. The molecule has 0 aliphatic carbocycles. The Morgan fingerprint density at radius 1 is 1.00 bits per heavy atom. The first-order valence-electron chi connectivity index (χ1n) is 4.82. The van der Waals surface area contributed by atoms with Gasteiger partial charge in [-0.3, -0.25) is 0 Å². The van der Waals surface area contributed by atoms with Crippen LogP contribution in [0.5, 0.6) is 5.75 Å². The van der Waals surface area contributed by atoms with Crippen molar-refractivity contribution in [3.63, 3.8) is 0 Å². The molecule has 0 heterocycles. The maximum atomic E-state index is 12.7. The van der Waals surface area contributed by atoms with Gasteiger partial charge in [-0.2, -0.15) is 30.7 Å². The van der Waals surface area contributed by atoms with Gasteiger partial charge in [0.25, 0.3) is 0 Å². The van der Waals surface area contributed by atoms with Crippen molar-refractivity contribution in [2.75, 3.05) is 0 Å². The second kappa shape index (κ2) is 6.49. The lowest BCUT2D eigenvalue weighted by Gasteiger charge is -2.22. The van der Waals surface area contributed by atoms with Crippen molar-refractivity contribution in [3.05, 3.63) is 29.8 Å². The molecule has 116 valence electrons. The zero-order valence-corrected chi connectivity index (χ0v) is 10.3. The molecule has 0 radical (unpaired) electrons. The fourth-order valence-corrected chi connectivity index (χ4v) is 1.20. The first-order chi connectivity index (χ1) is 8.55. The normalized spacial score (nSPS) is 13.8. The number of hydrogen-bond acceptors (Lipinski definition) is 2. The fraction of sp³-hybridized carbons (Fsp3) is 0.400. The van der Waals surface area contributed by atoms with Gasteiger partial charge in [0.2, 0.25) is 0 Å². The Labute approximate surface area is 115 Å². The van der Waals surface area contributed by atoms with Crippen molar-refractivity contribution in [3.8, 4) is 5.75 Å². The molecule has 0 amide bonds. The van der Waals surface area contributed by atoms with E-state index in [0.717, 1.165) is 18.2 Å². The van der Waals surface area contributed by atoms with Gasteiger partial charge in [0, 0.05) is 5.56 Å². The number of alkyl halides is 7. The molecule has 0 aliphatic rings. The first-order valence-corrected chi connectivity index (χ1v) is 4.82. The maximum Gasteiger partial charge on any atom is 0.461 e. The standard InChI is InChI=1S/C10H8F7NO.ClH/c11-8(12)10(16,17)19-6-4-2-1-3-5(6)7(18)9(13,14)15;/h1-4,7-8H,18H2;1H/t7-;/m0./s1.